The Labute approximate surface area is 141 Å². The van der Waals surface area contributed by atoms with Gasteiger partial charge in [0.1, 0.15) is 23.1 Å². The van der Waals surface area contributed by atoms with Gasteiger partial charge < -0.3 is 15.0 Å². The van der Waals surface area contributed by atoms with Crippen LogP contribution in [0, 0.1) is 0 Å². The summed E-state index contributed by atoms with van der Waals surface area (Å²) in [5.74, 6) is -0.435. The predicted molar refractivity (Wildman–Crippen MR) is 91.2 cm³/mol. The number of nitrogens with one attached hydrogen (secondary N) is 2. The minimum Gasteiger partial charge on any atom is -0.462 e. The molecule has 1 aromatic carbocycles. The van der Waals surface area contributed by atoms with E-state index in [0.717, 1.165) is 10.6 Å². The smallest absolute Gasteiger partial charge is 0.343 e. The number of ether oxygens (including phenoxy) is 1. The first-order valence-electron chi connectivity index (χ1n) is 7.37. The Kier molecular flexibility index (Phi) is 3.66. The van der Waals surface area contributed by atoms with E-state index in [0.29, 0.717) is 27.5 Å². The summed E-state index contributed by atoms with van der Waals surface area (Å²) in [5.41, 5.74) is 2.90. The monoisotopic (exact) mass is 339 g/mol. The van der Waals surface area contributed by atoms with E-state index in [9.17, 15) is 4.79 Å². The molecule has 3 aromatic rings. The number of benzene rings is 1. The minimum atomic E-state index is -0.435. The molecule has 0 amide bonds. The topological polar surface area (TPSA) is 92.8 Å². The number of hydrogen-bond acceptors (Lipinski definition) is 7. The van der Waals surface area contributed by atoms with Gasteiger partial charge >= 0.3 is 5.97 Å². The lowest BCUT2D eigenvalue weighted by atomic mass is 10.1. The Morgan fingerprint density at radius 1 is 1.25 bits per heavy atom. The zero-order valence-electron chi connectivity index (χ0n) is 12.7. The molecule has 0 aliphatic carbocycles. The summed E-state index contributed by atoms with van der Waals surface area (Å²) < 4.78 is 5.25. The van der Waals surface area contributed by atoms with Crippen LogP contribution >= 0.6 is 11.8 Å². The summed E-state index contributed by atoms with van der Waals surface area (Å²) in [6.45, 7) is 2.06. The lowest BCUT2D eigenvalue weighted by molar-refractivity contribution is -0.136. The molecule has 3 heterocycles. The molecule has 1 aliphatic heterocycles. The summed E-state index contributed by atoms with van der Waals surface area (Å²) in [7, 11) is 0. The molecule has 24 heavy (non-hydrogen) atoms. The molecule has 0 bridgehead atoms. The van der Waals surface area contributed by atoms with Gasteiger partial charge in [0.2, 0.25) is 0 Å². The third kappa shape index (κ3) is 2.41. The highest BCUT2D eigenvalue weighted by molar-refractivity contribution is 8.04. The van der Waals surface area contributed by atoms with Crippen molar-refractivity contribution in [3.05, 3.63) is 47.6 Å². The van der Waals surface area contributed by atoms with Crippen molar-refractivity contribution in [3.63, 3.8) is 0 Å². The van der Waals surface area contributed by atoms with Gasteiger partial charge in [-0.3, -0.25) is 0 Å². The van der Waals surface area contributed by atoms with Crippen molar-refractivity contribution in [2.24, 2.45) is 0 Å². The molecule has 0 fully saturated rings. The summed E-state index contributed by atoms with van der Waals surface area (Å²) in [4.78, 5) is 29.2. The van der Waals surface area contributed by atoms with Crippen molar-refractivity contribution in [2.75, 3.05) is 11.9 Å². The van der Waals surface area contributed by atoms with Gasteiger partial charge in [0.05, 0.1) is 23.7 Å². The zero-order chi connectivity index (χ0) is 16.5. The fourth-order valence-electron chi connectivity index (χ4n) is 2.48. The number of aromatic amines is 1. The summed E-state index contributed by atoms with van der Waals surface area (Å²) in [6.07, 6.45) is 2.92. The Bertz CT molecular complexity index is 939. The average Bonchev–Trinajstić information content (AvgIpc) is 3.22. The molecule has 0 unspecified atom stereocenters. The number of carbonyl (C=O) groups is 1. The van der Waals surface area contributed by atoms with Gasteiger partial charge in [0.25, 0.3) is 0 Å². The highest BCUT2D eigenvalue weighted by atomic mass is 32.2. The van der Waals surface area contributed by atoms with Gasteiger partial charge in [-0.05, 0) is 19.1 Å². The maximum atomic E-state index is 12.6. The molecule has 0 saturated carbocycles. The van der Waals surface area contributed by atoms with Crippen LogP contribution in [0.25, 0.3) is 16.7 Å². The van der Waals surface area contributed by atoms with Gasteiger partial charge in [-0.2, -0.15) is 0 Å². The molecule has 4 rings (SSSR count). The van der Waals surface area contributed by atoms with Gasteiger partial charge in [-0.1, -0.05) is 23.9 Å². The minimum absolute atomic E-state index is 0.282. The van der Waals surface area contributed by atoms with Crippen LogP contribution in [0.3, 0.4) is 0 Å². The van der Waals surface area contributed by atoms with Crippen molar-refractivity contribution >= 4 is 40.2 Å². The van der Waals surface area contributed by atoms with E-state index in [-0.39, 0.29) is 6.61 Å². The summed E-state index contributed by atoms with van der Waals surface area (Å²) in [6, 6.07) is 7.85. The van der Waals surface area contributed by atoms with Gasteiger partial charge in [0, 0.05) is 4.90 Å². The Morgan fingerprint density at radius 2 is 2.12 bits per heavy atom. The van der Waals surface area contributed by atoms with Crippen molar-refractivity contribution in [2.45, 2.75) is 11.8 Å². The normalized spacial score (nSPS) is 15.0. The SMILES string of the molecule is CCOC(=O)/C(=C1\Nc2ccccc2S1)c1ncnc2nc[nH]c12. The first kappa shape index (κ1) is 14.7. The number of imidazole rings is 1. The van der Waals surface area contributed by atoms with E-state index in [2.05, 4.69) is 25.3 Å². The number of rotatable bonds is 3. The van der Waals surface area contributed by atoms with Crippen molar-refractivity contribution in [1.29, 1.82) is 0 Å². The second-order valence-corrected chi connectivity index (χ2v) is 6.02. The van der Waals surface area contributed by atoms with Gasteiger partial charge in [-0.15, -0.1) is 0 Å². The van der Waals surface area contributed by atoms with E-state index in [1.54, 1.807) is 6.92 Å². The van der Waals surface area contributed by atoms with Crippen LogP contribution in [0.5, 0.6) is 0 Å². The fourth-order valence-corrected chi connectivity index (χ4v) is 3.52. The number of para-hydroxylation sites is 1. The van der Waals surface area contributed by atoms with Crippen LogP contribution in [0.2, 0.25) is 0 Å². The number of hydrogen-bond donors (Lipinski definition) is 2. The molecule has 1 aliphatic rings. The number of thioether (sulfide) groups is 1. The number of fused-ring (bicyclic) bond motifs is 2. The number of aromatic nitrogens is 4. The third-order valence-electron chi connectivity index (χ3n) is 3.51. The number of H-pyrrole nitrogens is 1. The van der Waals surface area contributed by atoms with Crippen molar-refractivity contribution in [1.82, 2.24) is 19.9 Å². The maximum Gasteiger partial charge on any atom is 0.343 e. The average molecular weight is 339 g/mol. The lowest BCUT2D eigenvalue weighted by Crippen LogP contribution is -2.12. The highest BCUT2D eigenvalue weighted by Gasteiger charge is 2.28. The van der Waals surface area contributed by atoms with Crippen LogP contribution in [0.4, 0.5) is 5.69 Å². The molecule has 0 atom stereocenters. The Morgan fingerprint density at radius 3 is 2.96 bits per heavy atom. The highest BCUT2D eigenvalue weighted by Crippen LogP contribution is 2.44. The van der Waals surface area contributed by atoms with Crippen LogP contribution in [0.1, 0.15) is 12.6 Å². The zero-order valence-corrected chi connectivity index (χ0v) is 13.6. The largest absolute Gasteiger partial charge is 0.462 e. The summed E-state index contributed by atoms with van der Waals surface area (Å²) in [5, 5.41) is 3.96. The number of anilines is 1. The molecule has 8 heteroatoms. The lowest BCUT2D eigenvalue weighted by Gasteiger charge is -2.10. The Hall–Kier alpha value is -2.87. The van der Waals surface area contributed by atoms with Gasteiger partial charge in [-0.25, -0.2) is 19.7 Å². The molecule has 2 N–H and O–H groups in total. The Balaban J connectivity index is 1.89. The second kappa shape index (κ2) is 5.97. The first-order chi connectivity index (χ1) is 11.8. The predicted octanol–water partition coefficient (Wildman–Crippen LogP) is 2.80. The van der Waals surface area contributed by atoms with E-state index in [1.807, 2.05) is 24.3 Å². The molecule has 7 nitrogen and oxygen atoms in total. The molecule has 120 valence electrons. The van der Waals surface area contributed by atoms with Crippen LogP contribution in [0.15, 0.2) is 46.8 Å². The molecular weight excluding hydrogens is 326 g/mol. The molecule has 0 spiro atoms. The molecular formula is C16H13N5O2S. The quantitative estimate of drug-likeness (QED) is 0.560. The standard InChI is InChI=1S/C16H13N5O2S/c1-2-23-16(22)11(12-13-14(19-7-17-12)20-8-18-13)15-21-9-5-3-4-6-10(9)24-15/h3-8,21H,2H2,1H3,(H,17,18,19,20)/b15-11+. The third-order valence-corrected chi connectivity index (χ3v) is 4.60. The van der Waals surface area contributed by atoms with E-state index in [4.69, 9.17) is 4.74 Å². The molecule has 0 radical (unpaired) electrons. The first-order valence-corrected chi connectivity index (χ1v) is 8.19. The van der Waals surface area contributed by atoms with Crippen molar-refractivity contribution in [3.8, 4) is 0 Å². The second-order valence-electron chi connectivity index (χ2n) is 4.97. The fraction of sp³-hybridized carbons (Fsp3) is 0.125. The van der Waals surface area contributed by atoms with Crippen LogP contribution in [-0.2, 0) is 9.53 Å². The molecule has 0 saturated heterocycles. The summed E-state index contributed by atoms with van der Waals surface area (Å²) >= 11 is 1.48. The van der Waals surface area contributed by atoms with E-state index in [1.165, 1.54) is 24.4 Å². The van der Waals surface area contributed by atoms with E-state index < -0.39 is 5.97 Å². The van der Waals surface area contributed by atoms with Crippen LogP contribution < -0.4 is 5.32 Å². The maximum absolute atomic E-state index is 12.6. The molecule has 2 aromatic heterocycles. The number of nitrogens with zero attached hydrogens (tertiary/aromatic N) is 3. The van der Waals surface area contributed by atoms with E-state index >= 15 is 0 Å². The number of esters is 1. The number of carbonyl (C=O) groups excluding carboxylic acids is 1. The van der Waals surface area contributed by atoms with Crippen molar-refractivity contribution < 1.29 is 9.53 Å². The van der Waals surface area contributed by atoms with Crippen LogP contribution in [-0.4, -0.2) is 32.5 Å². The van der Waals surface area contributed by atoms with Gasteiger partial charge in [0.15, 0.2) is 5.65 Å².